The minimum absolute atomic E-state index is 0.296. The monoisotopic (exact) mass is 279 g/mol. The summed E-state index contributed by atoms with van der Waals surface area (Å²) in [4.78, 5) is 1.04. The number of benzene rings is 1. The lowest BCUT2D eigenvalue weighted by Gasteiger charge is -2.21. The molecule has 2 rings (SSSR count). The predicted molar refractivity (Wildman–Crippen MR) is 82.0 cm³/mol. The fourth-order valence-corrected chi connectivity index (χ4v) is 5.01. The van der Waals surface area contributed by atoms with Crippen molar-refractivity contribution in [3.05, 3.63) is 29.3 Å². The summed E-state index contributed by atoms with van der Waals surface area (Å²) >= 11 is 0. The zero-order valence-electron chi connectivity index (χ0n) is 12.4. The van der Waals surface area contributed by atoms with E-state index in [-0.39, 0.29) is 0 Å². The molecule has 4 atom stereocenters. The van der Waals surface area contributed by atoms with Crippen LogP contribution in [0.1, 0.15) is 37.8 Å². The van der Waals surface area contributed by atoms with E-state index < -0.39 is 10.8 Å². The van der Waals surface area contributed by atoms with E-state index in [4.69, 9.17) is 0 Å². The lowest BCUT2D eigenvalue weighted by atomic mass is 10.1. The molecule has 2 nitrogen and oxygen atoms in total. The Morgan fingerprint density at radius 1 is 1.32 bits per heavy atom. The average molecular weight is 279 g/mol. The normalized spacial score (nSPS) is 28.5. The van der Waals surface area contributed by atoms with Crippen LogP contribution < -0.4 is 5.32 Å². The third kappa shape index (κ3) is 3.09. The van der Waals surface area contributed by atoms with Gasteiger partial charge in [0.25, 0.3) is 0 Å². The summed E-state index contributed by atoms with van der Waals surface area (Å²) in [6.45, 7) is 9.52. The fourth-order valence-electron chi connectivity index (χ4n) is 3.07. The molecule has 1 aromatic rings. The van der Waals surface area contributed by atoms with Gasteiger partial charge < -0.3 is 5.32 Å². The van der Waals surface area contributed by atoms with Crippen LogP contribution in [0, 0.1) is 19.8 Å². The summed E-state index contributed by atoms with van der Waals surface area (Å²) in [6.07, 6.45) is 2.22. The lowest BCUT2D eigenvalue weighted by Crippen LogP contribution is -2.34. The van der Waals surface area contributed by atoms with Gasteiger partial charge in [-0.1, -0.05) is 26.0 Å². The topological polar surface area (TPSA) is 29.1 Å². The fraction of sp³-hybridized carbons (Fsp3) is 0.625. The second-order valence-electron chi connectivity index (χ2n) is 5.71. The molecule has 19 heavy (non-hydrogen) atoms. The van der Waals surface area contributed by atoms with E-state index in [1.165, 1.54) is 5.56 Å². The highest BCUT2D eigenvalue weighted by atomic mass is 32.2. The summed E-state index contributed by atoms with van der Waals surface area (Å²) in [5.74, 6) is 0.487. The molecule has 4 unspecified atom stereocenters. The molecule has 0 amide bonds. The number of aryl methyl sites for hydroxylation is 2. The number of hydrogen-bond donors (Lipinski definition) is 1. The third-order valence-corrected chi connectivity index (χ3v) is 6.37. The number of nitrogens with one attached hydrogen (secondary N) is 1. The van der Waals surface area contributed by atoms with E-state index in [2.05, 4.69) is 51.2 Å². The Morgan fingerprint density at radius 2 is 2.05 bits per heavy atom. The zero-order valence-corrected chi connectivity index (χ0v) is 13.2. The molecule has 1 aliphatic rings. The van der Waals surface area contributed by atoms with Crippen molar-refractivity contribution in [3.63, 3.8) is 0 Å². The highest BCUT2D eigenvalue weighted by Gasteiger charge is 2.36. The van der Waals surface area contributed by atoms with Gasteiger partial charge >= 0.3 is 0 Å². The zero-order chi connectivity index (χ0) is 14.0. The van der Waals surface area contributed by atoms with Gasteiger partial charge in [0.2, 0.25) is 0 Å². The van der Waals surface area contributed by atoms with Gasteiger partial charge in [0, 0.05) is 16.2 Å². The molecule has 0 radical (unpaired) electrons. The van der Waals surface area contributed by atoms with Gasteiger partial charge in [-0.15, -0.1) is 0 Å². The van der Waals surface area contributed by atoms with Crippen LogP contribution in [0.2, 0.25) is 0 Å². The Kier molecular flexibility index (Phi) is 4.80. The summed E-state index contributed by atoms with van der Waals surface area (Å²) in [6, 6.07) is 6.81. The van der Waals surface area contributed by atoms with Crippen molar-refractivity contribution >= 4 is 10.8 Å². The SMILES string of the molecule is CCNC1CCC(S(=O)c2cc(C)ccc2C)C1C. The molecule has 0 aliphatic heterocycles. The van der Waals surface area contributed by atoms with Crippen LogP contribution in [0.5, 0.6) is 0 Å². The van der Waals surface area contributed by atoms with Crippen LogP contribution >= 0.6 is 0 Å². The van der Waals surface area contributed by atoms with Gasteiger partial charge in [-0.2, -0.15) is 0 Å². The van der Waals surface area contributed by atoms with Crippen LogP contribution in [0.25, 0.3) is 0 Å². The first-order chi connectivity index (χ1) is 9.04. The van der Waals surface area contributed by atoms with E-state index >= 15 is 0 Å². The maximum absolute atomic E-state index is 12.9. The number of rotatable bonds is 4. The third-order valence-electron chi connectivity index (χ3n) is 4.28. The van der Waals surface area contributed by atoms with Gasteiger partial charge in [-0.05, 0) is 56.3 Å². The summed E-state index contributed by atoms with van der Waals surface area (Å²) in [5, 5.41) is 3.82. The first kappa shape index (κ1) is 14.7. The summed E-state index contributed by atoms with van der Waals surface area (Å²) < 4.78 is 12.9. The van der Waals surface area contributed by atoms with Gasteiger partial charge in [0.05, 0.1) is 10.8 Å². The first-order valence-corrected chi connectivity index (χ1v) is 8.47. The molecule has 0 saturated heterocycles. The molecule has 1 saturated carbocycles. The molecule has 3 heteroatoms. The molecule has 1 aromatic carbocycles. The molecular weight excluding hydrogens is 254 g/mol. The first-order valence-electron chi connectivity index (χ1n) is 7.25. The minimum atomic E-state index is -0.875. The molecule has 0 bridgehead atoms. The lowest BCUT2D eigenvalue weighted by molar-refractivity contribution is 0.438. The van der Waals surface area contributed by atoms with E-state index in [9.17, 15) is 4.21 Å². The van der Waals surface area contributed by atoms with Crippen molar-refractivity contribution < 1.29 is 4.21 Å². The molecular formula is C16H25NOS. The largest absolute Gasteiger partial charge is 0.314 e. The Bertz CT molecular complexity index is 472. The van der Waals surface area contributed by atoms with Gasteiger partial charge in [0.1, 0.15) is 0 Å². The van der Waals surface area contributed by atoms with Crippen molar-refractivity contribution in [3.8, 4) is 0 Å². The molecule has 1 N–H and O–H groups in total. The van der Waals surface area contributed by atoms with Crippen molar-refractivity contribution in [1.82, 2.24) is 5.32 Å². The van der Waals surface area contributed by atoms with Crippen LogP contribution in [-0.2, 0) is 10.8 Å². The van der Waals surface area contributed by atoms with E-state index in [1.807, 2.05) is 0 Å². The van der Waals surface area contributed by atoms with Gasteiger partial charge in [-0.3, -0.25) is 4.21 Å². The highest BCUT2D eigenvalue weighted by Crippen LogP contribution is 2.33. The van der Waals surface area contributed by atoms with E-state index in [1.54, 1.807) is 0 Å². The van der Waals surface area contributed by atoms with Crippen molar-refractivity contribution in [2.45, 2.75) is 56.7 Å². The standard InChI is InChI=1S/C16H25NOS/c1-5-17-14-8-9-15(13(14)4)19(18)16-10-11(2)6-7-12(16)3/h6-7,10,13-15,17H,5,8-9H2,1-4H3. The summed E-state index contributed by atoms with van der Waals surface area (Å²) in [7, 11) is -0.875. The van der Waals surface area contributed by atoms with E-state index in [0.717, 1.165) is 29.8 Å². The average Bonchev–Trinajstić information content (AvgIpc) is 2.74. The maximum atomic E-state index is 12.9. The van der Waals surface area contributed by atoms with E-state index in [0.29, 0.717) is 17.2 Å². The predicted octanol–water partition coefficient (Wildman–Crippen LogP) is 3.19. The number of hydrogen-bond acceptors (Lipinski definition) is 2. The second-order valence-corrected chi connectivity index (χ2v) is 7.35. The van der Waals surface area contributed by atoms with Gasteiger partial charge in [-0.25, -0.2) is 0 Å². The van der Waals surface area contributed by atoms with Crippen molar-refractivity contribution in [2.24, 2.45) is 5.92 Å². The smallest absolute Gasteiger partial charge is 0.0566 e. The molecule has 0 aromatic heterocycles. The Morgan fingerprint density at radius 3 is 2.74 bits per heavy atom. The second kappa shape index (κ2) is 6.19. The summed E-state index contributed by atoms with van der Waals surface area (Å²) in [5.41, 5.74) is 2.35. The van der Waals surface area contributed by atoms with Crippen molar-refractivity contribution in [2.75, 3.05) is 6.54 Å². The van der Waals surface area contributed by atoms with Crippen LogP contribution in [-0.4, -0.2) is 22.0 Å². The molecule has 1 aliphatic carbocycles. The highest BCUT2D eigenvalue weighted by molar-refractivity contribution is 7.85. The van der Waals surface area contributed by atoms with Crippen LogP contribution in [0.3, 0.4) is 0 Å². The molecule has 0 heterocycles. The van der Waals surface area contributed by atoms with Crippen LogP contribution in [0.4, 0.5) is 0 Å². The molecule has 1 fully saturated rings. The van der Waals surface area contributed by atoms with Crippen LogP contribution in [0.15, 0.2) is 23.1 Å². The Labute approximate surface area is 119 Å². The molecule has 106 valence electrons. The minimum Gasteiger partial charge on any atom is -0.314 e. The molecule has 0 spiro atoms. The quantitative estimate of drug-likeness (QED) is 0.917. The Hall–Kier alpha value is -0.670. The maximum Gasteiger partial charge on any atom is 0.0566 e. The van der Waals surface area contributed by atoms with Crippen molar-refractivity contribution in [1.29, 1.82) is 0 Å². The van der Waals surface area contributed by atoms with Gasteiger partial charge in [0.15, 0.2) is 0 Å². The Balaban J connectivity index is 2.18.